The molecule has 2 aliphatic heterocycles. The van der Waals surface area contributed by atoms with Crippen molar-refractivity contribution in [3.05, 3.63) is 17.5 Å². The minimum atomic E-state index is 0. The number of nitrogens with one attached hydrogen (secondary N) is 1. The summed E-state index contributed by atoms with van der Waals surface area (Å²) in [6.45, 7) is 11.3. The van der Waals surface area contributed by atoms with Crippen molar-refractivity contribution in [2.75, 3.05) is 52.4 Å². The second-order valence-electron chi connectivity index (χ2n) is 7.16. The summed E-state index contributed by atoms with van der Waals surface area (Å²) in [5.74, 6) is 1.97. The molecule has 1 aromatic heterocycles. The molecule has 1 amide bonds. The molecule has 0 aliphatic carbocycles. The highest BCUT2D eigenvalue weighted by Crippen LogP contribution is 2.10. The highest BCUT2D eigenvalue weighted by atomic mass is 127. The van der Waals surface area contributed by atoms with Gasteiger partial charge in [0.25, 0.3) is 0 Å². The van der Waals surface area contributed by atoms with Crippen LogP contribution in [0.1, 0.15) is 38.1 Å². The van der Waals surface area contributed by atoms with Gasteiger partial charge in [0.2, 0.25) is 5.91 Å². The number of aliphatic imine (C=N–C) groups is 1. The molecular weight excluding hydrogens is 471 g/mol. The fourth-order valence-corrected chi connectivity index (χ4v) is 3.55. The average Bonchev–Trinajstić information content (AvgIpc) is 3.37. The molecule has 0 unspecified atom stereocenters. The number of hydrogen-bond acceptors (Lipinski definition) is 5. The molecule has 1 N–H and O–H groups in total. The van der Waals surface area contributed by atoms with Gasteiger partial charge in [-0.15, -0.1) is 24.0 Å². The summed E-state index contributed by atoms with van der Waals surface area (Å²) in [4.78, 5) is 23.6. The van der Waals surface area contributed by atoms with Crippen LogP contribution in [0.3, 0.4) is 0 Å². The van der Waals surface area contributed by atoms with Gasteiger partial charge in [-0.25, -0.2) is 4.99 Å². The van der Waals surface area contributed by atoms with Crippen molar-refractivity contribution in [1.82, 2.24) is 25.2 Å². The van der Waals surface area contributed by atoms with E-state index in [-0.39, 0.29) is 29.9 Å². The predicted molar refractivity (Wildman–Crippen MR) is 120 cm³/mol. The first-order chi connectivity index (χ1) is 13.2. The van der Waals surface area contributed by atoms with Crippen molar-refractivity contribution in [3.63, 3.8) is 0 Å². The van der Waals surface area contributed by atoms with E-state index in [4.69, 9.17) is 9.52 Å². The van der Waals surface area contributed by atoms with Gasteiger partial charge in [0.1, 0.15) is 6.54 Å². The summed E-state index contributed by atoms with van der Waals surface area (Å²) in [7, 11) is 0. The Kier molecular flexibility index (Phi) is 9.49. The molecule has 2 fully saturated rings. The third-order valence-electron chi connectivity index (χ3n) is 5.18. The molecule has 3 rings (SSSR count). The molecule has 9 heteroatoms. The van der Waals surface area contributed by atoms with Crippen LogP contribution in [0.25, 0.3) is 0 Å². The third kappa shape index (κ3) is 6.33. The molecule has 0 bridgehead atoms. The summed E-state index contributed by atoms with van der Waals surface area (Å²) >= 11 is 0. The monoisotopic (exact) mass is 504 g/mol. The predicted octanol–water partition coefficient (Wildman–Crippen LogP) is 1.56. The zero-order valence-electron chi connectivity index (χ0n) is 17.0. The molecule has 158 valence electrons. The Balaban J connectivity index is 0.00000280. The van der Waals surface area contributed by atoms with Crippen LogP contribution in [-0.2, 0) is 17.8 Å². The van der Waals surface area contributed by atoms with Crippen LogP contribution in [0, 0.1) is 0 Å². The Morgan fingerprint density at radius 3 is 2.46 bits per heavy atom. The Morgan fingerprint density at radius 2 is 1.86 bits per heavy atom. The SMILES string of the molecule is CCNC(=NCc1cc(CC)no1)N1CCN(CC(=O)N2CCCC2)CC1.I. The molecule has 2 aliphatic rings. The second kappa shape index (κ2) is 11.6. The number of carbonyl (C=O) groups excluding carboxylic acids is 1. The summed E-state index contributed by atoms with van der Waals surface area (Å²) in [6, 6.07) is 1.97. The number of halogens is 1. The quantitative estimate of drug-likeness (QED) is 0.360. The minimum Gasteiger partial charge on any atom is -0.359 e. The van der Waals surface area contributed by atoms with Crippen LogP contribution in [0.4, 0.5) is 0 Å². The second-order valence-corrected chi connectivity index (χ2v) is 7.16. The van der Waals surface area contributed by atoms with E-state index in [9.17, 15) is 4.79 Å². The summed E-state index contributed by atoms with van der Waals surface area (Å²) in [6.07, 6.45) is 3.16. The van der Waals surface area contributed by atoms with Crippen molar-refractivity contribution >= 4 is 35.8 Å². The van der Waals surface area contributed by atoms with Gasteiger partial charge in [0, 0.05) is 51.9 Å². The van der Waals surface area contributed by atoms with Crippen LogP contribution < -0.4 is 5.32 Å². The minimum absolute atomic E-state index is 0. The van der Waals surface area contributed by atoms with E-state index in [2.05, 4.69) is 34.1 Å². The van der Waals surface area contributed by atoms with E-state index in [1.165, 1.54) is 0 Å². The maximum absolute atomic E-state index is 12.3. The first-order valence-electron chi connectivity index (χ1n) is 10.2. The topological polar surface area (TPSA) is 77.2 Å². The number of aryl methyl sites for hydroxylation is 1. The van der Waals surface area contributed by atoms with Crippen LogP contribution in [0.2, 0.25) is 0 Å². The smallest absolute Gasteiger partial charge is 0.236 e. The van der Waals surface area contributed by atoms with Crippen LogP contribution in [0.15, 0.2) is 15.6 Å². The van der Waals surface area contributed by atoms with E-state index < -0.39 is 0 Å². The normalized spacial score (nSPS) is 18.3. The van der Waals surface area contributed by atoms with Crippen LogP contribution in [0.5, 0.6) is 0 Å². The van der Waals surface area contributed by atoms with Crippen LogP contribution >= 0.6 is 24.0 Å². The first kappa shape index (κ1) is 22.9. The number of piperazine rings is 1. The van der Waals surface area contributed by atoms with Crippen molar-refractivity contribution < 1.29 is 9.32 Å². The van der Waals surface area contributed by atoms with Crippen molar-refractivity contribution in [2.24, 2.45) is 4.99 Å². The molecule has 8 nitrogen and oxygen atoms in total. The maximum atomic E-state index is 12.3. The molecule has 0 atom stereocenters. The van der Waals surface area contributed by atoms with Gasteiger partial charge < -0.3 is 19.6 Å². The first-order valence-corrected chi connectivity index (χ1v) is 10.2. The maximum Gasteiger partial charge on any atom is 0.236 e. The lowest BCUT2D eigenvalue weighted by molar-refractivity contribution is -0.131. The molecule has 1 aromatic rings. The van der Waals surface area contributed by atoms with Crippen molar-refractivity contribution in [3.8, 4) is 0 Å². The molecule has 3 heterocycles. The van der Waals surface area contributed by atoms with E-state index in [1.54, 1.807) is 0 Å². The Morgan fingerprint density at radius 1 is 1.14 bits per heavy atom. The van der Waals surface area contributed by atoms with Crippen LogP contribution in [-0.4, -0.2) is 84.1 Å². The van der Waals surface area contributed by atoms with Gasteiger partial charge >= 0.3 is 0 Å². The average molecular weight is 504 g/mol. The van der Waals surface area contributed by atoms with Gasteiger partial charge in [-0.1, -0.05) is 12.1 Å². The van der Waals surface area contributed by atoms with E-state index in [1.807, 2.05) is 11.0 Å². The molecule has 0 saturated carbocycles. The molecule has 0 spiro atoms. The number of rotatable bonds is 6. The number of aromatic nitrogens is 1. The van der Waals surface area contributed by atoms with Gasteiger partial charge in [-0.2, -0.15) is 0 Å². The highest BCUT2D eigenvalue weighted by Gasteiger charge is 2.24. The Hall–Kier alpha value is -1.36. The van der Waals surface area contributed by atoms with Gasteiger partial charge in [0.15, 0.2) is 11.7 Å². The summed E-state index contributed by atoms with van der Waals surface area (Å²) in [5, 5.41) is 7.38. The van der Waals surface area contributed by atoms with Gasteiger partial charge in [-0.3, -0.25) is 9.69 Å². The van der Waals surface area contributed by atoms with E-state index in [0.29, 0.717) is 13.1 Å². The number of hydrogen-bond donors (Lipinski definition) is 1. The highest BCUT2D eigenvalue weighted by molar-refractivity contribution is 14.0. The number of nitrogens with zero attached hydrogens (tertiary/aromatic N) is 5. The lowest BCUT2D eigenvalue weighted by Gasteiger charge is -2.36. The Bertz CT molecular complexity index is 636. The zero-order valence-corrected chi connectivity index (χ0v) is 19.4. The standard InChI is InChI=1S/C19H32N6O2.HI/c1-3-16-13-17(27-22-16)14-21-19(20-4-2)25-11-9-23(10-12-25)15-18(26)24-7-5-6-8-24;/h13H,3-12,14-15H2,1-2H3,(H,20,21);1H. The third-order valence-corrected chi connectivity index (χ3v) is 5.18. The summed E-state index contributed by atoms with van der Waals surface area (Å²) in [5.41, 5.74) is 0.960. The number of carbonyl (C=O) groups is 1. The molecule has 0 aromatic carbocycles. The molecule has 2 saturated heterocycles. The number of guanidine groups is 1. The fourth-order valence-electron chi connectivity index (χ4n) is 3.55. The zero-order chi connectivity index (χ0) is 19.1. The summed E-state index contributed by atoms with van der Waals surface area (Å²) < 4.78 is 5.33. The molecular formula is C19H33IN6O2. The van der Waals surface area contributed by atoms with Gasteiger partial charge in [-0.05, 0) is 26.2 Å². The number of amides is 1. The molecule has 28 heavy (non-hydrogen) atoms. The van der Waals surface area contributed by atoms with E-state index >= 15 is 0 Å². The lowest BCUT2D eigenvalue weighted by Crippen LogP contribution is -2.54. The van der Waals surface area contributed by atoms with Crippen molar-refractivity contribution in [2.45, 2.75) is 39.7 Å². The van der Waals surface area contributed by atoms with Crippen molar-refractivity contribution in [1.29, 1.82) is 0 Å². The fraction of sp³-hybridized carbons (Fsp3) is 0.737. The molecule has 0 radical (unpaired) electrons. The largest absolute Gasteiger partial charge is 0.359 e. The number of likely N-dealkylation sites (tertiary alicyclic amines) is 1. The van der Waals surface area contributed by atoms with Gasteiger partial charge in [0.05, 0.1) is 12.2 Å². The van der Waals surface area contributed by atoms with E-state index in [0.717, 1.165) is 82.5 Å². The Labute approximate surface area is 184 Å². The lowest BCUT2D eigenvalue weighted by atomic mass is 10.3.